The van der Waals surface area contributed by atoms with Gasteiger partial charge in [-0.05, 0) is 60.9 Å². The van der Waals surface area contributed by atoms with E-state index in [4.69, 9.17) is 9.47 Å². The SMILES string of the molecule is Cc1ccc(C)c2[nH]c(=O)c(CN(Cc3ccc4c(c3)OCO4)C(=O)Nc3ccccc3)cc12. The van der Waals surface area contributed by atoms with Crippen LogP contribution in [-0.4, -0.2) is 22.7 Å². The number of aromatic amines is 1. The molecule has 1 aromatic heterocycles. The molecule has 0 spiro atoms. The molecule has 2 N–H and O–H groups in total. The Hall–Kier alpha value is -4.26. The molecule has 0 aliphatic carbocycles. The summed E-state index contributed by atoms with van der Waals surface area (Å²) < 4.78 is 10.9. The van der Waals surface area contributed by atoms with Gasteiger partial charge >= 0.3 is 6.03 Å². The van der Waals surface area contributed by atoms with E-state index in [1.807, 2.05) is 80.6 Å². The van der Waals surface area contributed by atoms with E-state index >= 15 is 0 Å². The molecule has 0 fully saturated rings. The zero-order valence-electron chi connectivity index (χ0n) is 19.1. The number of carbonyl (C=O) groups excluding carboxylic acids is 1. The Morgan fingerprint density at radius 1 is 0.941 bits per heavy atom. The number of aryl methyl sites for hydroxylation is 2. The first-order valence-electron chi connectivity index (χ1n) is 11.1. The number of nitrogens with one attached hydrogen (secondary N) is 2. The second-order valence-corrected chi connectivity index (χ2v) is 8.45. The van der Waals surface area contributed by atoms with Crippen LogP contribution in [0.2, 0.25) is 0 Å². The predicted molar refractivity (Wildman–Crippen MR) is 131 cm³/mol. The maximum atomic E-state index is 13.3. The fourth-order valence-electron chi connectivity index (χ4n) is 4.12. The molecular formula is C27H25N3O4. The summed E-state index contributed by atoms with van der Waals surface area (Å²) in [6, 6.07) is 20.5. The smallest absolute Gasteiger partial charge is 0.322 e. The number of anilines is 1. The van der Waals surface area contributed by atoms with Crippen LogP contribution in [-0.2, 0) is 13.1 Å². The third kappa shape index (κ3) is 4.32. The van der Waals surface area contributed by atoms with Crippen LogP contribution in [0.15, 0.2) is 71.5 Å². The molecule has 0 unspecified atom stereocenters. The highest BCUT2D eigenvalue weighted by Gasteiger charge is 2.20. The second-order valence-electron chi connectivity index (χ2n) is 8.45. The molecule has 1 aliphatic rings. The standard InChI is InChI=1S/C27H25N3O4/c1-17-8-9-18(2)25-22(17)13-20(26(31)29-25)15-30(27(32)28-21-6-4-3-5-7-21)14-19-10-11-23-24(12-19)34-16-33-23/h3-13H,14-16H2,1-2H3,(H,28,32)(H,29,31). The molecular weight excluding hydrogens is 430 g/mol. The Morgan fingerprint density at radius 3 is 2.53 bits per heavy atom. The average molecular weight is 456 g/mol. The van der Waals surface area contributed by atoms with Crippen molar-refractivity contribution < 1.29 is 14.3 Å². The van der Waals surface area contributed by atoms with Crippen LogP contribution in [0.1, 0.15) is 22.3 Å². The Balaban J connectivity index is 1.49. The van der Waals surface area contributed by atoms with Gasteiger partial charge < -0.3 is 24.7 Å². The van der Waals surface area contributed by atoms with Gasteiger partial charge in [0.05, 0.1) is 12.1 Å². The maximum Gasteiger partial charge on any atom is 0.322 e. The monoisotopic (exact) mass is 455 g/mol. The third-order valence-corrected chi connectivity index (χ3v) is 6.00. The Labute approximate surface area is 196 Å². The first-order valence-corrected chi connectivity index (χ1v) is 11.1. The van der Waals surface area contributed by atoms with Crippen LogP contribution < -0.4 is 20.3 Å². The number of rotatable bonds is 5. The first kappa shape index (κ1) is 21.6. The second kappa shape index (κ2) is 8.94. The number of carbonyl (C=O) groups is 1. The molecule has 3 aromatic carbocycles. The molecule has 0 bridgehead atoms. The van der Waals surface area contributed by atoms with Crippen molar-refractivity contribution in [3.63, 3.8) is 0 Å². The summed E-state index contributed by atoms with van der Waals surface area (Å²) in [5.41, 5.74) is 4.76. The van der Waals surface area contributed by atoms with Crippen molar-refractivity contribution in [3.8, 4) is 11.5 Å². The molecule has 0 atom stereocenters. The summed E-state index contributed by atoms with van der Waals surface area (Å²) in [5.74, 6) is 1.33. The molecule has 0 saturated carbocycles. The molecule has 0 radical (unpaired) electrons. The van der Waals surface area contributed by atoms with E-state index < -0.39 is 0 Å². The highest BCUT2D eigenvalue weighted by atomic mass is 16.7. The van der Waals surface area contributed by atoms with Crippen molar-refractivity contribution in [2.24, 2.45) is 0 Å². The van der Waals surface area contributed by atoms with Gasteiger partial charge in [0.2, 0.25) is 6.79 Å². The zero-order valence-corrected chi connectivity index (χ0v) is 19.1. The highest BCUT2D eigenvalue weighted by Crippen LogP contribution is 2.33. The van der Waals surface area contributed by atoms with Crippen LogP contribution >= 0.6 is 0 Å². The van der Waals surface area contributed by atoms with Gasteiger partial charge in [0.1, 0.15) is 0 Å². The number of aromatic nitrogens is 1. The van der Waals surface area contributed by atoms with Crippen LogP contribution in [0.5, 0.6) is 11.5 Å². The summed E-state index contributed by atoms with van der Waals surface area (Å²) in [6.07, 6.45) is 0. The Bertz CT molecular complexity index is 1430. The van der Waals surface area contributed by atoms with E-state index in [0.717, 1.165) is 27.6 Å². The van der Waals surface area contributed by atoms with Crippen molar-refractivity contribution in [1.29, 1.82) is 0 Å². The number of para-hydroxylation sites is 1. The number of benzene rings is 3. The lowest BCUT2D eigenvalue weighted by molar-refractivity contribution is 0.174. The van der Waals surface area contributed by atoms with Crippen LogP contribution in [0.4, 0.5) is 10.5 Å². The Morgan fingerprint density at radius 2 is 1.71 bits per heavy atom. The molecule has 0 saturated heterocycles. The normalized spacial score (nSPS) is 12.1. The van der Waals surface area contributed by atoms with E-state index in [0.29, 0.717) is 29.3 Å². The minimum absolute atomic E-state index is 0.145. The maximum absolute atomic E-state index is 13.3. The van der Waals surface area contributed by atoms with E-state index in [2.05, 4.69) is 10.3 Å². The van der Waals surface area contributed by atoms with Crippen LogP contribution in [0.25, 0.3) is 10.9 Å². The number of fused-ring (bicyclic) bond motifs is 2. The largest absolute Gasteiger partial charge is 0.454 e. The number of amides is 2. The van der Waals surface area contributed by atoms with E-state index in [1.54, 1.807) is 4.90 Å². The quantitative estimate of drug-likeness (QED) is 0.438. The van der Waals surface area contributed by atoms with Gasteiger partial charge in [-0.1, -0.05) is 36.4 Å². The first-order chi connectivity index (χ1) is 16.5. The third-order valence-electron chi connectivity index (χ3n) is 6.00. The summed E-state index contributed by atoms with van der Waals surface area (Å²) in [6.45, 7) is 4.60. The minimum atomic E-state index is -0.302. The Kier molecular flexibility index (Phi) is 5.67. The van der Waals surface area contributed by atoms with Gasteiger partial charge in [0.25, 0.3) is 5.56 Å². The molecule has 7 nitrogen and oxygen atoms in total. The number of ether oxygens (including phenoxy) is 2. The van der Waals surface area contributed by atoms with Crippen molar-refractivity contribution in [3.05, 3.63) is 99.3 Å². The zero-order chi connectivity index (χ0) is 23.7. The van der Waals surface area contributed by atoms with E-state index in [-0.39, 0.29) is 24.9 Å². The fraction of sp³-hybridized carbons (Fsp3) is 0.185. The molecule has 1 aliphatic heterocycles. The number of H-pyrrole nitrogens is 1. The molecule has 172 valence electrons. The summed E-state index contributed by atoms with van der Waals surface area (Å²) in [7, 11) is 0. The van der Waals surface area contributed by atoms with Gasteiger partial charge in [-0.25, -0.2) is 4.79 Å². The lowest BCUT2D eigenvalue weighted by Gasteiger charge is -2.23. The van der Waals surface area contributed by atoms with Gasteiger partial charge in [-0.3, -0.25) is 4.79 Å². The molecule has 4 aromatic rings. The van der Waals surface area contributed by atoms with Crippen molar-refractivity contribution in [2.75, 3.05) is 12.1 Å². The highest BCUT2D eigenvalue weighted by molar-refractivity contribution is 5.89. The van der Waals surface area contributed by atoms with Gasteiger partial charge in [0, 0.05) is 23.2 Å². The summed E-state index contributed by atoms with van der Waals surface area (Å²) in [5, 5.41) is 3.90. The number of pyridine rings is 1. The summed E-state index contributed by atoms with van der Waals surface area (Å²) in [4.78, 5) is 30.9. The van der Waals surface area contributed by atoms with Crippen molar-refractivity contribution in [1.82, 2.24) is 9.88 Å². The van der Waals surface area contributed by atoms with E-state index in [9.17, 15) is 9.59 Å². The number of hydrogen-bond donors (Lipinski definition) is 2. The van der Waals surface area contributed by atoms with Crippen LogP contribution in [0, 0.1) is 13.8 Å². The molecule has 7 heteroatoms. The number of nitrogens with zero attached hydrogens (tertiary/aromatic N) is 1. The van der Waals surface area contributed by atoms with E-state index in [1.165, 1.54) is 0 Å². The minimum Gasteiger partial charge on any atom is -0.454 e. The molecule has 5 rings (SSSR count). The molecule has 2 heterocycles. The molecule has 34 heavy (non-hydrogen) atoms. The fourth-order valence-corrected chi connectivity index (χ4v) is 4.12. The average Bonchev–Trinajstić information content (AvgIpc) is 3.30. The topological polar surface area (TPSA) is 83.7 Å². The van der Waals surface area contributed by atoms with Gasteiger partial charge in [-0.15, -0.1) is 0 Å². The number of hydrogen-bond acceptors (Lipinski definition) is 4. The van der Waals surface area contributed by atoms with Crippen molar-refractivity contribution in [2.45, 2.75) is 26.9 Å². The van der Waals surface area contributed by atoms with Gasteiger partial charge in [0.15, 0.2) is 11.5 Å². The summed E-state index contributed by atoms with van der Waals surface area (Å²) >= 11 is 0. The number of urea groups is 1. The van der Waals surface area contributed by atoms with Gasteiger partial charge in [-0.2, -0.15) is 0 Å². The lowest BCUT2D eigenvalue weighted by atomic mass is 10.0. The van der Waals surface area contributed by atoms with Crippen LogP contribution in [0.3, 0.4) is 0 Å². The van der Waals surface area contributed by atoms with Crippen molar-refractivity contribution >= 4 is 22.6 Å². The molecule has 2 amide bonds. The lowest BCUT2D eigenvalue weighted by Crippen LogP contribution is -2.35. The predicted octanol–water partition coefficient (Wildman–Crippen LogP) is 5.11.